The van der Waals surface area contributed by atoms with Gasteiger partial charge in [-0.05, 0) is 36.4 Å². The lowest BCUT2D eigenvalue weighted by atomic mass is 10.2. The van der Waals surface area contributed by atoms with Crippen molar-refractivity contribution in [2.45, 2.75) is 6.18 Å². The van der Waals surface area contributed by atoms with Crippen LogP contribution in [0.5, 0.6) is 0 Å². The Hall–Kier alpha value is -2.12. The van der Waals surface area contributed by atoms with E-state index in [1.54, 1.807) is 0 Å². The highest BCUT2D eigenvalue weighted by molar-refractivity contribution is 7.21. The molecule has 0 unspecified atom stereocenters. The van der Waals surface area contributed by atoms with Crippen LogP contribution in [-0.4, -0.2) is 5.91 Å². The van der Waals surface area contributed by atoms with Gasteiger partial charge in [-0.1, -0.05) is 17.7 Å². The normalized spacial score (nSPS) is 11.7. The third kappa shape index (κ3) is 3.22. The molecule has 0 saturated carbocycles. The minimum absolute atomic E-state index is 0.00507. The van der Waals surface area contributed by atoms with Gasteiger partial charge in [0.25, 0.3) is 5.91 Å². The summed E-state index contributed by atoms with van der Waals surface area (Å²) < 4.78 is 51.8. The van der Waals surface area contributed by atoms with E-state index in [1.807, 2.05) is 0 Å². The molecular formula is C16H8ClF4NOS. The first-order valence-corrected chi connectivity index (χ1v) is 7.81. The van der Waals surface area contributed by atoms with Crippen molar-refractivity contribution < 1.29 is 22.4 Å². The Labute approximate surface area is 142 Å². The minimum Gasteiger partial charge on any atom is -0.321 e. The van der Waals surface area contributed by atoms with Crippen LogP contribution < -0.4 is 5.32 Å². The fraction of sp³-hybridized carbons (Fsp3) is 0.0625. The van der Waals surface area contributed by atoms with Gasteiger partial charge in [0.2, 0.25) is 0 Å². The molecule has 8 heteroatoms. The summed E-state index contributed by atoms with van der Waals surface area (Å²) >= 11 is 7.09. The Balaban J connectivity index is 1.92. The van der Waals surface area contributed by atoms with Gasteiger partial charge < -0.3 is 5.32 Å². The number of anilines is 1. The molecule has 0 fully saturated rings. The van der Waals surface area contributed by atoms with Crippen LogP contribution in [0.1, 0.15) is 15.2 Å². The molecule has 1 amide bonds. The highest BCUT2D eigenvalue weighted by atomic mass is 35.5. The van der Waals surface area contributed by atoms with E-state index in [2.05, 4.69) is 5.32 Å². The van der Waals surface area contributed by atoms with Crippen LogP contribution in [0, 0.1) is 5.82 Å². The van der Waals surface area contributed by atoms with E-state index in [0.29, 0.717) is 10.1 Å². The minimum atomic E-state index is -4.51. The van der Waals surface area contributed by atoms with Gasteiger partial charge in [-0.25, -0.2) is 4.39 Å². The van der Waals surface area contributed by atoms with Gasteiger partial charge in [-0.15, -0.1) is 11.3 Å². The van der Waals surface area contributed by atoms with E-state index in [1.165, 1.54) is 30.3 Å². The van der Waals surface area contributed by atoms with E-state index in [9.17, 15) is 22.4 Å². The largest absolute Gasteiger partial charge is 0.416 e. The second-order valence-electron chi connectivity index (χ2n) is 4.92. The third-order valence-electron chi connectivity index (χ3n) is 3.25. The van der Waals surface area contributed by atoms with Crippen molar-refractivity contribution in [3.63, 3.8) is 0 Å². The number of nitrogens with one attached hydrogen (secondary N) is 1. The van der Waals surface area contributed by atoms with Gasteiger partial charge in [0, 0.05) is 15.8 Å². The number of halogens is 5. The predicted molar refractivity (Wildman–Crippen MR) is 86.2 cm³/mol. The van der Waals surface area contributed by atoms with Gasteiger partial charge in [0.1, 0.15) is 10.7 Å². The number of fused-ring (bicyclic) bond motifs is 1. The number of carbonyl (C=O) groups excluding carboxylic acids is 1. The molecule has 0 spiro atoms. The Morgan fingerprint density at radius 3 is 2.58 bits per heavy atom. The number of rotatable bonds is 2. The molecule has 2 nitrogen and oxygen atoms in total. The highest BCUT2D eigenvalue weighted by Crippen LogP contribution is 2.36. The van der Waals surface area contributed by atoms with Gasteiger partial charge in [0.05, 0.1) is 10.6 Å². The lowest BCUT2D eigenvalue weighted by Gasteiger charge is -2.09. The van der Waals surface area contributed by atoms with Crippen LogP contribution in [0.25, 0.3) is 10.1 Å². The van der Waals surface area contributed by atoms with Crippen molar-refractivity contribution in [1.29, 1.82) is 0 Å². The first-order valence-electron chi connectivity index (χ1n) is 6.62. The van der Waals surface area contributed by atoms with Crippen LogP contribution in [0.4, 0.5) is 23.2 Å². The summed E-state index contributed by atoms with van der Waals surface area (Å²) in [5.41, 5.74) is -0.876. The molecule has 3 aromatic rings. The van der Waals surface area contributed by atoms with Crippen molar-refractivity contribution >= 4 is 44.6 Å². The number of amides is 1. The summed E-state index contributed by atoms with van der Waals surface area (Å²) in [6.45, 7) is 0. The lowest BCUT2D eigenvalue weighted by molar-refractivity contribution is -0.137. The molecule has 0 aliphatic heterocycles. The topological polar surface area (TPSA) is 29.1 Å². The zero-order chi connectivity index (χ0) is 17.5. The fourth-order valence-electron chi connectivity index (χ4n) is 2.15. The zero-order valence-corrected chi connectivity index (χ0v) is 13.3. The van der Waals surface area contributed by atoms with Crippen LogP contribution in [0.2, 0.25) is 5.02 Å². The fourth-order valence-corrected chi connectivity index (χ4v) is 3.58. The quantitative estimate of drug-likeness (QED) is 0.551. The van der Waals surface area contributed by atoms with Crippen LogP contribution in [0.3, 0.4) is 0 Å². The van der Waals surface area contributed by atoms with Gasteiger partial charge in [0.15, 0.2) is 0 Å². The first kappa shape index (κ1) is 16.7. The Bertz CT molecular complexity index is 935. The van der Waals surface area contributed by atoms with Crippen molar-refractivity contribution in [3.8, 4) is 0 Å². The highest BCUT2D eigenvalue weighted by Gasteiger charge is 2.30. The summed E-state index contributed by atoms with van der Waals surface area (Å²) in [6, 6.07) is 8.19. The van der Waals surface area contributed by atoms with E-state index < -0.39 is 23.5 Å². The smallest absolute Gasteiger partial charge is 0.321 e. The summed E-state index contributed by atoms with van der Waals surface area (Å²) in [5, 5.41) is 3.03. The molecular weight excluding hydrogens is 366 g/mol. The number of benzene rings is 2. The maximum atomic E-state index is 13.2. The molecule has 0 aliphatic carbocycles. The average molecular weight is 374 g/mol. The lowest BCUT2D eigenvalue weighted by Crippen LogP contribution is -2.12. The van der Waals surface area contributed by atoms with E-state index in [4.69, 9.17) is 11.6 Å². The second kappa shape index (κ2) is 6.07. The Morgan fingerprint density at radius 1 is 1.12 bits per heavy atom. The van der Waals surface area contributed by atoms with Crippen LogP contribution in [0.15, 0.2) is 42.5 Å². The van der Waals surface area contributed by atoms with E-state index in [0.717, 1.165) is 23.5 Å². The maximum Gasteiger partial charge on any atom is 0.416 e. The van der Waals surface area contributed by atoms with Crippen molar-refractivity contribution in [2.75, 3.05) is 5.32 Å². The first-order chi connectivity index (χ1) is 11.3. The Morgan fingerprint density at radius 2 is 1.88 bits per heavy atom. The molecule has 0 bridgehead atoms. The standard InChI is InChI=1S/C16H8ClF4NOS/c17-13-11-5-4-9(18)7-12(11)24-14(13)15(23)22-10-3-1-2-8(6-10)16(19,20)21/h1-7H,(H,22,23). The van der Waals surface area contributed by atoms with E-state index in [-0.39, 0.29) is 15.6 Å². The molecule has 1 N–H and O–H groups in total. The molecule has 0 aliphatic rings. The van der Waals surface area contributed by atoms with Gasteiger partial charge in [-0.2, -0.15) is 13.2 Å². The number of hydrogen-bond acceptors (Lipinski definition) is 2. The maximum absolute atomic E-state index is 13.2. The average Bonchev–Trinajstić information content (AvgIpc) is 2.83. The van der Waals surface area contributed by atoms with Crippen molar-refractivity contribution in [3.05, 3.63) is 63.7 Å². The molecule has 0 saturated heterocycles. The molecule has 2 aromatic carbocycles. The molecule has 124 valence electrons. The van der Waals surface area contributed by atoms with Gasteiger partial charge in [-0.3, -0.25) is 4.79 Å². The zero-order valence-electron chi connectivity index (χ0n) is 11.7. The summed E-state index contributed by atoms with van der Waals surface area (Å²) in [6.07, 6.45) is -4.51. The molecule has 0 radical (unpaired) electrons. The number of carbonyl (C=O) groups is 1. The Kier molecular flexibility index (Phi) is 4.23. The van der Waals surface area contributed by atoms with Crippen molar-refractivity contribution in [1.82, 2.24) is 0 Å². The SMILES string of the molecule is O=C(Nc1cccc(C(F)(F)F)c1)c1sc2cc(F)ccc2c1Cl. The number of thiophene rings is 1. The summed E-state index contributed by atoms with van der Waals surface area (Å²) in [5.74, 6) is -1.12. The summed E-state index contributed by atoms with van der Waals surface area (Å²) in [4.78, 5) is 12.4. The molecule has 24 heavy (non-hydrogen) atoms. The summed E-state index contributed by atoms with van der Waals surface area (Å²) in [7, 11) is 0. The predicted octanol–water partition coefficient (Wildman–Crippen LogP) is 5.96. The number of alkyl halides is 3. The third-order valence-corrected chi connectivity index (χ3v) is 4.90. The van der Waals surface area contributed by atoms with Gasteiger partial charge >= 0.3 is 6.18 Å². The monoisotopic (exact) mass is 373 g/mol. The van der Waals surface area contributed by atoms with Crippen molar-refractivity contribution in [2.24, 2.45) is 0 Å². The molecule has 0 atom stereocenters. The molecule has 1 heterocycles. The van der Waals surface area contributed by atoms with Crippen LogP contribution in [-0.2, 0) is 6.18 Å². The second-order valence-corrected chi connectivity index (χ2v) is 6.35. The number of hydrogen-bond donors (Lipinski definition) is 1. The molecule has 1 aromatic heterocycles. The van der Waals surface area contributed by atoms with Crippen LogP contribution >= 0.6 is 22.9 Å². The van der Waals surface area contributed by atoms with E-state index >= 15 is 0 Å². The molecule has 3 rings (SSSR count).